The minimum Gasteiger partial charge on any atom is -0.473 e. The summed E-state index contributed by atoms with van der Waals surface area (Å²) in [7, 11) is -3.97. The van der Waals surface area contributed by atoms with Crippen molar-refractivity contribution in [3.05, 3.63) is 95.5 Å². The van der Waals surface area contributed by atoms with Crippen LogP contribution in [-0.2, 0) is 10.0 Å². The van der Waals surface area contributed by atoms with E-state index < -0.39 is 10.0 Å². The molecule has 0 fully saturated rings. The standard InChI is InChI=1S/C27H22BrN5O4S/c1-18-6-8-20(9-7-18)24-25(33-38(34,35)23-11-10-19-4-2-3-5-21(19)14-23)31-17-32-26(24)36-12-13-37-27-29-15-22(28)16-30-27/h2-11,14-17H,12-13H2,1H3,(H,31,32,33). The fraction of sp³-hybridized carbons (Fsp3) is 0.111. The van der Waals surface area contributed by atoms with Gasteiger partial charge < -0.3 is 9.47 Å². The molecule has 2 heterocycles. The lowest BCUT2D eigenvalue weighted by molar-refractivity contribution is 0.202. The van der Waals surface area contributed by atoms with Crippen LogP contribution in [0.2, 0.25) is 0 Å². The van der Waals surface area contributed by atoms with Crippen LogP contribution in [-0.4, -0.2) is 41.6 Å². The van der Waals surface area contributed by atoms with E-state index in [1.807, 2.05) is 55.5 Å². The first-order chi connectivity index (χ1) is 18.4. The van der Waals surface area contributed by atoms with Gasteiger partial charge in [-0.15, -0.1) is 0 Å². The molecule has 5 aromatic rings. The van der Waals surface area contributed by atoms with Crippen LogP contribution in [0.25, 0.3) is 21.9 Å². The monoisotopic (exact) mass is 591 g/mol. The van der Waals surface area contributed by atoms with Gasteiger partial charge >= 0.3 is 6.01 Å². The van der Waals surface area contributed by atoms with Crippen molar-refractivity contribution in [2.75, 3.05) is 17.9 Å². The van der Waals surface area contributed by atoms with E-state index in [4.69, 9.17) is 9.47 Å². The fourth-order valence-electron chi connectivity index (χ4n) is 3.70. The molecule has 192 valence electrons. The predicted octanol–water partition coefficient (Wildman–Crippen LogP) is 5.42. The molecule has 0 bridgehead atoms. The van der Waals surface area contributed by atoms with E-state index in [0.717, 1.165) is 20.8 Å². The number of rotatable bonds is 9. The van der Waals surface area contributed by atoms with Gasteiger partial charge in [-0.05, 0) is 51.3 Å². The third-order valence-corrected chi connectivity index (χ3v) is 7.31. The maximum absolute atomic E-state index is 13.4. The number of halogens is 1. The number of ether oxygens (including phenoxy) is 2. The fourth-order valence-corrected chi connectivity index (χ4v) is 4.96. The van der Waals surface area contributed by atoms with Gasteiger partial charge in [0.1, 0.15) is 19.5 Å². The Morgan fingerprint density at radius 1 is 0.842 bits per heavy atom. The molecule has 0 spiro atoms. The number of fused-ring (bicyclic) bond motifs is 1. The van der Waals surface area contributed by atoms with E-state index in [1.54, 1.807) is 30.6 Å². The molecule has 0 unspecified atom stereocenters. The van der Waals surface area contributed by atoms with Gasteiger partial charge in [0.15, 0.2) is 5.82 Å². The van der Waals surface area contributed by atoms with Crippen LogP contribution in [0.15, 0.2) is 94.8 Å². The quantitative estimate of drug-likeness (QED) is 0.226. The molecule has 0 aliphatic heterocycles. The summed E-state index contributed by atoms with van der Waals surface area (Å²) in [5.41, 5.74) is 2.16. The Morgan fingerprint density at radius 2 is 1.55 bits per heavy atom. The molecule has 0 radical (unpaired) electrons. The number of sulfonamides is 1. The first-order valence-corrected chi connectivity index (χ1v) is 13.8. The predicted molar refractivity (Wildman–Crippen MR) is 148 cm³/mol. The van der Waals surface area contributed by atoms with Crippen molar-refractivity contribution in [2.45, 2.75) is 11.8 Å². The smallest absolute Gasteiger partial charge is 0.316 e. The molecule has 0 saturated carbocycles. The van der Waals surface area contributed by atoms with Gasteiger partial charge in [0.05, 0.1) is 14.9 Å². The number of anilines is 1. The highest BCUT2D eigenvalue weighted by Crippen LogP contribution is 2.35. The van der Waals surface area contributed by atoms with Crippen LogP contribution in [0.5, 0.6) is 11.9 Å². The third kappa shape index (κ3) is 5.90. The van der Waals surface area contributed by atoms with E-state index in [0.29, 0.717) is 11.1 Å². The first kappa shape index (κ1) is 25.6. The average Bonchev–Trinajstić information content (AvgIpc) is 2.92. The SMILES string of the molecule is Cc1ccc(-c2c(NS(=O)(=O)c3ccc4ccccc4c3)ncnc2OCCOc2ncc(Br)cn2)cc1. The van der Waals surface area contributed by atoms with Crippen LogP contribution in [0.3, 0.4) is 0 Å². The minimum atomic E-state index is -3.97. The van der Waals surface area contributed by atoms with Crippen molar-refractivity contribution in [2.24, 2.45) is 0 Å². The molecule has 0 saturated heterocycles. The van der Waals surface area contributed by atoms with Crippen molar-refractivity contribution in [1.82, 2.24) is 19.9 Å². The van der Waals surface area contributed by atoms with Crippen molar-refractivity contribution in [3.63, 3.8) is 0 Å². The molecule has 3 aromatic carbocycles. The Kier molecular flexibility index (Phi) is 7.47. The summed E-state index contributed by atoms with van der Waals surface area (Å²) in [5, 5.41) is 1.76. The maximum atomic E-state index is 13.4. The average molecular weight is 592 g/mol. The Hall–Kier alpha value is -4.09. The molecule has 9 nitrogen and oxygen atoms in total. The van der Waals surface area contributed by atoms with Crippen molar-refractivity contribution in [1.29, 1.82) is 0 Å². The molecule has 2 aromatic heterocycles. The molecular weight excluding hydrogens is 570 g/mol. The molecule has 0 atom stereocenters. The first-order valence-electron chi connectivity index (χ1n) is 11.6. The molecule has 1 N–H and O–H groups in total. The van der Waals surface area contributed by atoms with Gasteiger partial charge in [-0.25, -0.2) is 28.4 Å². The number of hydrogen-bond acceptors (Lipinski definition) is 8. The topological polar surface area (TPSA) is 116 Å². The van der Waals surface area contributed by atoms with Crippen LogP contribution in [0.1, 0.15) is 5.56 Å². The summed E-state index contributed by atoms with van der Waals surface area (Å²) in [5.74, 6) is 0.310. The highest BCUT2D eigenvalue weighted by atomic mass is 79.9. The van der Waals surface area contributed by atoms with Gasteiger partial charge in [0.25, 0.3) is 10.0 Å². The van der Waals surface area contributed by atoms with E-state index in [-0.39, 0.29) is 35.8 Å². The normalized spacial score (nSPS) is 11.3. The Bertz CT molecular complexity index is 1680. The van der Waals surface area contributed by atoms with Crippen molar-refractivity contribution in [3.8, 4) is 23.0 Å². The van der Waals surface area contributed by atoms with E-state index in [9.17, 15) is 8.42 Å². The molecule has 5 rings (SSSR count). The van der Waals surface area contributed by atoms with Crippen LogP contribution >= 0.6 is 15.9 Å². The highest BCUT2D eigenvalue weighted by Gasteiger charge is 2.22. The van der Waals surface area contributed by atoms with E-state index in [1.165, 1.54) is 6.33 Å². The highest BCUT2D eigenvalue weighted by molar-refractivity contribution is 9.10. The van der Waals surface area contributed by atoms with Crippen LogP contribution in [0, 0.1) is 6.92 Å². The summed E-state index contributed by atoms with van der Waals surface area (Å²) in [6, 6.07) is 20.3. The second-order valence-corrected chi connectivity index (χ2v) is 10.9. The number of nitrogens with one attached hydrogen (secondary N) is 1. The molecule has 0 aliphatic rings. The molecule has 0 aliphatic carbocycles. The number of hydrogen-bond donors (Lipinski definition) is 1. The maximum Gasteiger partial charge on any atom is 0.316 e. The van der Waals surface area contributed by atoms with Gasteiger partial charge in [-0.1, -0.05) is 60.2 Å². The lowest BCUT2D eigenvalue weighted by atomic mass is 10.1. The van der Waals surface area contributed by atoms with Gasteiger partial charge in [-0.2, -0.15) is 0 Å². The Labute approximate surface area is 228 Å². The zero-order chi connectivity index (χ0) is 26.5. The number of aromatic nitrogens is 4. The Balaban J connectivity index is 1.43. The van der Waals surface area contributed by atoms with Gasteiger partial charge in [0.2, 0.25) is 5.88 Å². The number of aryl methyl sites for hydroxylation is 1. The number of nitrogens with zero attached hydrogens (tertiary/aromatic N) is 4. The summed E-state index contributed by atoms with van der Waals surface area (Å²) in [6.07, 6.45) is 4.41. The lowest BCUT2D eigenvalue weighted by Crippen LogP contribution is -2.16. The van der Waals surface area contributed by atoms with Crippen molar-refractivity contribution >= 4 is 42.5 Å². The van der Waals surface area contributed by atoms with E-state index in [2.05, 4.69) is 40.6 Å². The van der Waals surface area contributed by atoms with Crippen molar-refractivity contribution < 1.29 is 17.9 Å². The third-order valence-electron chi connectivity index (χ3n) is 5.56. The second kappa shape index (κ2) is 11.1. The number of benzene rings is 3. The van der Waals surface area contributed by atoms with Crippen LogP contribution in [0.4, 0.5) is 5.82 Å². The Morgan fingerprint density at radius 3 is 2.32 bits per heavy atom. The minimum absolute atomic E-state index is 0.101. The van der Waals surface area contributed by atoms with Crippen LogP contribution < -0.4 is 14.2 Å². The zero-order valence-electron chi connectivity index (χ0n) is 20.2. The van der Waals surface area contributed by atoms with E-state index >= 15 is 0 Å². The summed E-state index contributed by atoms with van der Waals surface area (Å²) in [4.78, 5) is 16.8. The second-order valence-electron chi connectivity index (χ2n) is 8.26. The molecule has 38 heavy (non-hydrogen) atoms. The summed E-state index contributed by atoms with van der Waals surface area (Å²) >= 11 is 3.28. The molecule has 11 heteroatoms. The summed E-state index contributed by atoms with van der Waals surface area (Å²) < 4.78 is 41.6. The van der Waals surface area contributed by atoms with Gasteiger partial charge in [-0.3, -0.25) is 4.72 Å². The molecule has 0 amide bonds. The summed E-state index contributed by atoms with van der Waals surface area (Å²) in [6.45, 7) is 2.23. The zero-order valence-corrected chi connectivity index (χ0v) is 22.6. The largest absolute Gasteiger partial charge is 0.473 e. The molecular formula is C27H22BrN5O4S. The lowest BCUT2D eigenvalue weighted by Gasteiger charge is -2.16. The van der Waals surface area contributed by atoms with Gasteiger partial charge in [0, 0.05) is 12.4 Å².